The Labute approximate surface area is 120 Å². The lowest BCUT2D eigenvalue weighted by Gasteiger charge is -2.27. The van der Waals surface area contributed by atoms with E-state index in [0.29, 0.717) is 0 Å². The van der Waals surface area contributed by atoms with Gasteiger partial charge in [-0.25, -0.2) is 4.98 Å². The number of rotatable bonds is 3. The highest BCUT2D eigenvalue weighted by molar-refractivity contribution is 5.81. The van der Waals surface area contributed by atoms with Crippen LogP contribution in [-0.4, -0.2) is 21.3 Å². The molecule has 0 spiro atoms. The first kappa shape index (κ1) is 13.4. The Morgan fingerprint density at radius 1 is 1.40 bits per heavy atom. The van der Waals surface area contributed by atoms with Gasteiger partial charge in [-0.05, 0) is 37.7 Å². The lowest BCUT2D eigenvalue weighted by atomic mass is 9.82. The molecule has 0 bridgehead atoms. The van der Waals surface area contributed by atoms with Crippen LogP contribution < -0.4 is 5.32 Å². The number of hydrogen-bond acceptors (Lipinski definition) is 3. The summed E-state index contributed by atoms with van der Waals surface area (Å²) < 4.78 is 1.84. The second-order valence-electron chi connectivity index (χ2n) is 6.32. The second kappa shape index (κ2) is 5.43. The van der Waals surface area contributed by atoms with E-state index in [4.69, 9.17) is 0 Å². The Balaban J connectivity index is 1.70. The fraction of sp³-hybridized carbons (Fsp3) is 0.625. The van der Waals surface area contributed by atoms with E-state index in [2.05, 4.69) is 28.4 Å². The zero-order valence-corrected chi connectivity index (χ0v) is 12.7. The third-order valence-corrected chi connectivity index (χ3v) is 4.50. The highest BCUT2D eigenvalue weighted by atomic mass is 15.3. The number of fused-ring (bicyclic) bond motifs is 1. The molecule has 2 heterocycles. The van der Waals surface area contributed by atoms with Crippen molar-refractivity contribution in [3.63, 3.8) is 0 Å². The molecule has 4 heteroatoms. The summed E-state index contributed by atoms with van der Waals surface area (Å²) >= 11 is 0. The van der Waals surface area contributed by atoms with Gasteiger partial charge in [-0.3, -0.25) is 4.68 Å². The van der Waals surface area contributed by atoms with Crippen LogP contribution in [0.1, 0.15) is 38.3 Å². The van der Waals surface area contributed by atoms with Crippen LogP contribution >= 0.6 is 0 Å². The predicted molar refractivity (Wildman–Crippen MR) is 82.9 cm³/mol. The Hall–Kier alpha value is -1.58. The topological polar surface area (TPSA) is 42.7 Å². The van der Waals surface area contributed by atoms with Crippen molar-refractivity contribution < 1.29 is 0 Å². The molecule has 1 N–H and O–H groups in total. The Morgan fingerprint density at radius 3 is 3.05 bits per heavy atom. The summed E-state index contributed by atoms with van der Waals surface area (Å²) in [5, 5.41) is 9.13. The fourth-order valence-electron chi connectivity index (χ4n) is 3.41. The number of anilines is 1. The fourth-order valence-corrected chi connectivity index (χ4v) is 3.41. The first-order valence-corrected chi connectivity index (χ1v) is 7.66. The lowest BCUT2D eigenvalue weighted by molar-refractivity contribution is 0.293. The van der Waals surface area contributed by atoms with Gasteiger partial charge in [0.15, 0.2) is 5.65 Å². The van der Waals surface area contributed by atoms with Gasteiger partial charge < -0.3 is 5.32 Å². The van der Waals surface area contributed by atoms with E-state index >= 15 is 0 Å². The van der Waals surface area contributed by atoms with E-state index in [1.807, 2.05) is 24.9 Å². The molecule has 2 atom stereocenters. The molecule has 1 saturated carbocycles. The molecule has 0 aromatic carbocycles. The first-order chi connectivity index (χ1) is 9.63. The monoisotopic (exact) mass is 272 g/mol. The van der Waals surface area contributed by atoms with E-state index in [-0.39, 0.29) is 0 Å². The van der Waals surface area contributed by atoms with Gasteiger partial charge in [0.2, 0.25) is 0 Å². The van der Waals surface area contributed by atoms with E-state index in [1.54, 1.807) is 0 Å². The molecule has 0 radical (unpaired) electrons. The highest BCUT2D eigenvalue weighted by Crippen LogP contribution is 2.29. The van der Waals surface area contributed by atoms with Crippen LogP contribution in [-0.2, 0) is 7.05 Å². The Kier molecular flexibility index (Phi) is 3.64. The summed E-state index contributed by atoms with van der Waals surface area (Å²) in [5.74, 6) is 1.70. The maximum absolute atomic E-state index is 4.52. The smallest absolute Gasteiger partial charge is 0.157 e. The van der Waals surface area contributed by atoms with Gasteiger partial charge in [0.05, 0.1) is 17.6 Å². The second-order valence-corrected chi connectivity index (χ2v) is 6.32. The van der Waals surface area contributed by atoms with Gasteiger partial charge in [0.25, 0.3) is 0 Å². The van der Waals surface area contributed by atoms with Crippen LogP contribution in [0.15, 0.2) is 12.3 Å². The summed E-state index contributed by atoms with van der Waals surface area (Å²) in [6, 6.07) is 2.18. The van der Waals surface area contributed by atoms with Gasteiger partial charge in [0.1, 0.15) is 0 Å². The molecule has 2 aromatic rings. The van der Waals surface area contributed by atoms with Crippen LogP contribution in [0.2, 0.25) is 0 Å². The van der Waals surface area contributed by atoms with E-state index < -0.39 is 0 Å². The van der Waals surface area contributed by atoms with E-state index in [0.717, 1.165) is 40.8 Å². The maximum Gasteiger partial charge on any atom is 0.157 e. The van der Waals surface area contributed by atoms with Crippen molar-refractivity contribution in [1.29, 1.82) is 0 Å². The van der Waals surface area contributed by atoms with Gasteiger partial charge in [0, 0.05) is 19.0 Å². The van der Waals surface area contributed by atoms with Crippen molar-refractivity contribution in [1.82, 2.24) is 14.8 Å². The first-order valence-electron chi connectivity index (χ1n) is 7.66. The molecule has 1 aliphatic carbocycles. The molecule has 0 amide bonds. The average Bonchev–Trinajstić information content (AvgIpc) is 2.72. The SMILES string of the molecule is Cc1nn(C)c2ncc(NCC3CCCC(C)C3)cc12. The third-order valence-electron chi connectivity index (χ3n) is 4.50. The van der Waals surface area contributed by atoms with Crippen LogP contribution in [0, 0.1) is 18.8 Å². The standard InChI is InChI=1S/C16H24N4/c1-11-5-4-6-13(7-11)9-17-14-8-15-12(2)19-20(3)16(15)18-10-14/h8,10-11,13,17H,4-7,9H2,1-3H3. The average molecular weight is 272 g/mol. The maximum atomic E-state index is 4.52. The Bertz CT molecular complexity index is 602. The molecule has 108 valence electrons. The number of nitrogens with zero attached hydrogens (tertiary/aromatic N) is 3. The van der Waals surface area contributed by atoms with Gasteiger partial charge >= 0.3 is 0 Å². The third kappa shape index (κ3) is 2.65. The molecule has 1 aliphatic rings. The summed E-state index contributed by atoms with van der Waals surface area (Å²) in [4.78, 5) is 4.52. The predicted octanol–water partition coefficient (Wildman–Crippen LogP) is 3.51. The van der Waals surface area contributed by atoms with Crippen molar-refractivity contribution in [3.05, 3.63) is 18.0 Å². The molecule has 0 aliphatic heterocycles. The van der Waals surface area contributed by atoms with Gasteiger partial charge in [-0.2, -0.15) is 5.10 Å². The van der Waals surface area contributed by atoms with Crippen molar-refractivity contribution in [2.45, 2.75) is 39.5 Å². The Morgan fingerprint density at radius 2 is 2.25 bits per heavy atom. The molecule has 3 rings (SSSR count). The zero-order chi connectivity index (χ0) is 14.1. The largest absolute Gasteiger partial charge is 0.384 e. The molecular formula is C16H24N4. The molecular weight excluding hydrogens is 248 g/mol. The summed E-state index contributed by atoms with van der Waals surface area (Å²) in [5.41, 5.74) is 3.12. The normalized spacial score (nSPS) is 23.1. The summed E-state index contributed by atoms with van der Waals surface area (Å²) in [6.07, 6.45) is 7.43. The molecule has 20 heavy (non-hydrogen) atoms. The van der Waals surface area contributed by atoms with Crippen molar-refractivity contribution >= 4 is 16.7 Å². The number of aromatic nitrogens is 3. The van der Waals surface area contributed by atoms with Crippen molar-refractivity contribution in [3.8, 4) is 0 Å². The number of nitrogens with one attached hydrogen (secondary N) is 1. The van der Waals surface area contributed by atoms with Crippen LogP contribution in [0.4, 0.5) is 5.69 Å². The summed E-state index contributed by atoms with van der Waals surface area (Å²) in [6.45, 7) is 5.48. The number of pyridine rings is 1. The minimum atomic E-state index is 0.810. The number of hydrogen-bond donors (Lipinski definition) is 1. The lowest BCUT2D eigenvalue weighted by Crippen LogP contribution is -2.21. The minimum absolute atomic E-state index is 0.810. The minimum Gasteiger partial charge on any atom is -0.384 e. The molecule has 1 fully saturated rings. The molecule has 2 aromatic heterocycles. The van der Waals surface area contributed by atoms with Gasteiger partial charge in [-0.15, -0.1) is 0 Å². The highest BCUT2D eigenvalue weighted by Gasteiger charge is 2.18. The van der Waals surface area contributed by atoms with E-state index in [9.17, 15) is 0 Å². The van der Waals surface area contributed by atoms with Crippen LogP contribution in [0.25, 0.3) is 11.0 Å². The zero-order valence-electron chi connectivity index (χ0n) is 12.7. The quantitative estimate of drug-likeness (QED) is 0.929. The van der Waals surface area contributed by atoms with Crippen LogP contribution in [0.3, 0.4) is 0 Å². The van der Waals surface area contributed by atoms with Gasteiger partial charge in [-0.1, -0.05) is 19.8 Å². The van der Waals surface area contributed by atoms with E-state index in [1.165, 1.54) is 25.7 Å². The molecule has 4 nitrogen and oxygen atoms in total. The number of aryl methyl sites for hydroxylation is 2. The van der Waals surface area contributed by atoms with Crippen molar-refractivity contribution in [2.75, 3.05) is 11.9 Å². The molecule has 0 saturated heterocycles. The molecule has 2 unspecified atom stereocenters. The summed E-state index contributed by atoms with van der Waals surface area (Å²) in [7, 11) is 1.94. The van der Waals surface area contributed by atoms with Crippen molar-refractivity contribution in [2.24, 2.45) is 18.9 Å². The van der Waals surface area contributed by atoms with Crippen LogP contribution in [0.5, 0.6) is 0 Å².